The van der Waals surface area contributed by atoms with Crippen LogP contribution in [0.1, 0.15) is 40.0 Å². The van der Waals surface area contributed by atoms with Crippen molar-refractivity contribution >= 4 is 5.97 Å². The van der Waals surface area contributed by atoms with Gasteiger partial charge >= 0.3 is 12.1 Å². The van der Waals surface area contributed by atoms with E-state index in [9.17, 15) is 18.0 Å². The Hall–Kier alpha value is -1.52. The first-order valence-electron chi connectivity index (χ1n) is 6.83. The highest BCUT2D eigenvalue weighted by Crippen LogP contribution is 2.52. The summed E-state index contributed by atoms with van der Waals surface area (Å²) < 4.78 is 44.6. The molecular weight excluding hydrogens is 281 g/mol. The quantitative estimate of drug-likeness (QED) is 0.428. The third kappa shape index (κ3) is 3.99. The van der Waals surface area contributed by atoms with Crippen LogP contribution < -0.4 is 0 Å². The molecule has 0 aromatic carbocycles. The number of methoxy groups -OCH3 is 1. The number of rotatable bonds is 3. The Morgan fingerprint density at radius 1 is 1.38 bits per heavy atom. The van der Waals surface area contributed by atoms with Gasteiger partial charge in [0.15, 0.2) is 0 Å². The van der Waals surface area contributed by atoms with Crippen molar-refractivity contribution in [3.63, 3.8) is 0 Å². The van der Waals surface area contributed by atoms with Gasteiger partial charge in [-0.2, -0.15) is 13.2 Å². The second-order valence-corrected chi connectivity index (χ2v) is 5.62. The summed E-state index contributed by atoms with van der Waals surface area (Å²) in [6, 6.07) is 0. The number of esters is 1. The number of halogens is 3. The number of ether oxygens (including phenoxy) is 1. The fourth-order valence-corrected chi connectivity index (χ4v) is 2.58. The Morgan fingerprint density at radius 3 is 2.52 bits per heavy atom. The van der Waals surface area contributed by atoms with Crippen LogP contribution in [0.25, 0.3) is 0 Å². The Labute approximate surface area is 123 Å². The molecule has 21 heavy (non-hydrogen) atoms. The average Bonchev–Trinajstić information content (AvgIpc) is 2.36. The summed E-state index contributed by atoms with van der Waals surface area (Å²) in [6.45, 7) is 4.63. The molecule has 1 aliphatic rings. The number of alkyl halides is 3. The molecule has 0 saturated heterocycles. The standard InChI is InChI=1S/C16H21F3O2/c1-11(10-14(20)21-4)7-8-13-12(2)6-5-9-15(13,3)16(17,18)19/h7-8,10H,5-6,9H2,1-4H3/b8-7+,11-10+. The molecule has 0 aromatic heterocycles. The molecule has 0 spiro atoms. The van der Waals surface area contributed by atoms with Crippen molar-refractivity contribution in [2.75, 3.05) is 7.11 Å². The first-order chi connectivity index (χ1) is 9.61. The molecule has 0 aromatic rings. The van der Waals surface area contributed by atoms with Gasteiger partial charge < -0.3 is 4.74 Å². The topological polar surface area (TPSA) is 26.3 Å². The smallest absolute Gasteiger partial charge is 0.398 e. The zero-order valence-electron chi connectivity index (χ0n) is 12.8. The first kappa shape index (κ1) is 17.5. The van der Waals surface area contributed by atoms with E-state index in [4.69, 9.17) is 0 Å². The fraction of sp³-hybridized carbons (Fsp3) is 0.562. The van der Waals surface area contributed by atoms with Crippen LogP contribution >= 0.6 is 0 Å². The summed E-state index contributed by atoms with van der Waals surface area (Å²) in [5.74, 6) is -0.523. The van der Waals surface area contributed by atoms with Crippen LogP contribution in [0.2, 0.25) is 0 Å². The number of carbonyl (C=O) groups excluding carboxylic acids is 1. The fourth-order valence-electron chi connectivity index (χ4n) is 2.58. The number of hydrogen-bond acceptors (Lipinski definition) is 2. The van der Waals surface area contributed by atoms with Crippen LogP contribution in [0, 0.1) is 5.41 Å². The van der Waals surface area contributed by atoms with Crippen LogP contribution in [0.15, 0.2) is 34.9 Å². The van der Waals surface area contributed by atoms with E-state index in [1.165, 1.54) is 32.3 Å². The van der Waals surface area contributed by atoms with Gasteiger partial charge in [-0.1, -0.05) is 17.7 Å². The molecule has 118 valence electrons. The van der Waals surface area contributed by atoms with E-state index < -0.39 is 17.6 Å². The van der Waals surface area contributed by atoms with Gasteiger partial charge in [0.25, 0.3) is 0 Å². The largest absolute Gasteiger partial charge is 0.466 e. The Bertz CT molecular complexity index is 498. The van der Waals surface area contributed by atoms with Crippen molar-refractivity contribution < 1.29 is 22.7 Å². The van der Waals surface area contributed by atoms with Gasteiger partial charge in [0.2, 0.25) is 0 Å². The molecule has 1 unspecified atom stereocenters. The molecule has 0 amide bonds. The summed E-state index contributed by atoms with van der Waals surface area (Å²) in [5, 5.41) is 0. The lowest BCUT2D eigenvalue weighted by molar-refractivity contribution is -0.206. The zero-order chi connectivity index (χ0) is 16.3. The normalized spacial score (nSPS) is 24.6. The number of hydrogen-bond donors (Lipinski definition) is 0. The molecular formula is C16H21F3O2. The molecule has 1 rings (SSSR count). The lowest BCUT2D eigenvalue weighted by Gasteiger charge is -2.38. The van der Waals surface area contributed by atoms with Gasteiger partial charge in [-0.3, -0.25) is 0 Å². The Balaban J connectivity index is 3.13. The van der Waals surface area contributed by atoms with Gasteiger partial charge in [0.05, 0.1) is 12.5 Å². The van der Waals surface area contributed by atoms with Gasteiger partial charge in [-0.25, -0.2) is 4.79 Å². The van der Waals surface area contributed by atoms with Crippen LogP contribution in [-0.2, 0) is 9.53 Å². The van der Waals surface area contributed by atoms with E-state index in [-0.39, 0.29) is 6.42 Å². The van der Waals surface area contributed by atoms with Crippen LogP contribution in [-0.4, -0.2) is 19.3 Å². The summed E-state index contributed by atoms with van der Waals surface area (Å²) in [5.41, 5.74) is -0.212. The third-order valence-electron chi connectivity index (χ3n) is 3.97. The number of carbonyl (C=O) groups is 1. The maximum absolute atomic E-state index is 13.4. The molecule has 2 nitrogen and oxygen atoms in total. The highest BCUT2D eigenvalue weighted by atomic mass is 19.4. The summed E-state index contributed by atoms with van der Waals surface area (Å²) in [6.07, 6.45) is 1.28. The molecule has 5 heteroatoms. The van der Waals surface area contributed by atoms with E-state index in [1.807, 2.05) is 0 Å². The van der Waals surface area contributed by atoms with E-state index in [0.29, 0.717) is 24.0 Å². The minimum Gasteiger partial charge on any atom is -0.466 e. The van der Waals surface area contributed by atoms with Crippen LogP contribution in [0.3, 0.4) is 0 Å². The average molecular weight is 302 g/mol. The van der Waals surface area contributed by atoms with Crippen molar-refractivity contribution in [3.8, 4) is 0 Å². The second-order valence-electron chi connectivity index (χ2n) is 5.62. The lowest BCUT2D eigenvalue weighted by Crippen LogP contribution is -2.38. The molecule has 0 aliphatic heterocycles. The van der Waals surface area contributed by atoms with Crippen molar-refractivity contribution in [1.82, 2.24) is 0 Å². The SMILES string of the molecule is COC(=O)/C=C(C)/C=C/C1=C(C)CCCC1(C)C(F)(F)F. The lowest BCUT2D eigenvalue weighted by atomic mass is 9.70. The van der Waals surface area contributed by atoms with Crippen molar-refractivity contribution in [2.45, 2.75) is 46.2 Å². The van der Waals surface area contributed by atoms with Crippen LogP contribution in [0.4, 0.5) is 13.2 Å². The van der Waals surface area contributed by atoms with Gasteiger partial charge in [0, 0.05) is 6.08 Å². The Morgan fingerprint density at radius 2 is 2.00 bits per heavy atom. The van der Waals surface area contributed by atoms with Crippen molar-refractivity contribution in [1.29, 1.82) is 0 Å². The van der Waals surface area contributed by atoms with Crippen LogP contribution in [0.5, 0.6) is 0 Å². The predicted octanol–water partition coefficient (Wildman–Crippen LogP) is 4.73. The molecule has 0 fully saturated rings. The second kappa shape index (κ2) is 6.50. The van der Waals surface area contributed by atoms with Crippen molar-refractivity contribution in [2.24, 2.45) is 5.41 Å². The minimum absolute atomic E-state index is 0.0906. The molecule has 0 radical (unpaired) electrons. The summed E-state index contributed by atoms with van der Waals surface area (Å²) >= 11 is 0. The summed E-state index contributed by atoms with van der Waals surface area (Å²) in [4.78, 5) is 11.1. The van der Waals surface area contributed by atoms with Gasteiger partial charge in [0.1, 0.15) is 0 Å². The maximum Gasteiger partial charge on any atom is 0.398 e. The van der Waals surface area contributed by atoms with Gasteiger partial charge in [-0.15, -0.1) is 0 Å². The predicted molar refractivity (Wildman–Crippen MR) is 75.6 cm³/mol. The number of allylic oxidation sites excluding steroid dienone is 5. The van der Waals surface area contributed by atoms with E-state index in [1.54, 1.807) is 13.8 Å². The minimum atomic E-state index is -4.28. The van der Waals surface area contributed by atoms with Crippen molar-refractivity contribution in [3.05, 3.63) is 34.9 Å². The molecule has 1 aliphatic carbocycles. The highest BCUT2D eigenvalue weighted by Gasteiger charge is 2.53. The molecule has 0 saturated carbocycles. The van der Waals surface area contributed by atoms with E-state index >= 15 is 0 Å². The van der Waals surface area contributed by atoms with Gasteiger partial charge in [-0.05, 0) is 51.2 Å². The molecule has 1 atom stereocenters. The van der Waals surface area contributed by atoms with E-state index in [2.05, 4.69) is 4.74 Å². The summed E-state index contributed by atoms with van der Waals surface area (Å²) in [7, 11) is 1.25. The maximum atomic E-state index is 13.4. The molecule has 0 bridgehead atoms. The highest BCUT2D eigenvalue weighted by molar-refractivity contribution is 5.83. The monoisotopic (exact) mass is 302 g/mol. The third-order valence-corrected chi connectivity index (χ3v) is 3.97. The first-order valence-corrected chi connectivity index (χ1v) is 6.83. The molecule has 0 heterocycles. The Kier molecular flexibility index (Phi) is 5.42. The molecule has 0 N–H and O–H groups in total. The van der Waals surface area contributed by atoms with E-state index in [0.717, 1.165) is 5.57 Å². The zero-order valence-corrected chi connectivity index (χ0v) is 12.8.